The highest BCUT2D eigenvalue weighted by molar-refractivity contribution is 6.04. The molecule has 2 rings (SSSR count). The van der Waals surface area contributed by atoms with Crippen molar-refractivity contribution < 1.29 is 9.90 Å². The van der Waals surface area contributed by atoms with Crippen LogP contribution in [-0.2, 0) is 6.42 Å². The number of fused-ring (bicyclic) bond motifs is 1. The fraction of sp³-hybridized carbons (Fsp3) is 0.333. The monoisotopic (exact) mass is 258 g/mol. The Hall–Kier alpha value is -1.94. The van der Waals surface area contributed by atoms with Gasteiger partial charge in [0.25, 0.3) is 0 Å². The zero-order valence-electron chi connectivity index (χ0n) is 11.2. The Morgan fingerprint density at radius 2 is 2.05 bits per heavy atom. The molecule has 100 valence electrons. The highest BCUT2D eigenvalue weighted by Crippen LogP contribution is 2.24. The van der Waals surface area contributed by atoms with E-state index in [-0.39, 0.29) is 0 Å². The molecule has 0 aliphatic carbocycles. The molecule has 0 aliphatic rings. The Balaban J connectivity index is 2.68. The van der Waals surface area contributed by atoms with E-state index in [1.165, 1.54) is 0 Å². The molecule has 4 nitrogen and oxygen atoms in total. The van der Waals surface area contributed by atoms with Gasteiger partial charge in [-0.25, -0.2) is 4.79 Å². The molecule has 1 aromatic carbocycles. The first kappa shape index (κ1) is 13.5. The molecule has 0 aliphatic heterocycles. The Labute approximate surface area is 112 Å². The Kier molecular flexibility index (Phi) is 3.81. The summed E-state index contributed by atoms with van der Waals surface area (Å²) >= 11 is 0. The van der Waals surface area contributed by atoms with Crippen LogP contribution in [0.4, 0.5) is 0 Å². The number of hydrogen-bond donors (Lipinski definition) is 2. The van der Waals surface area contributed by atoms with Crippen molar-refractivity contribution in [3.63, 3.8) is 0 Å². The minimum atomic E-state index is -0.909. The number of hydrogen-bond acceptors (Lipinski definition) is 3. The summed E-state index contributed by atoms with van der Waals surface area (Å²) in [5, 5.41) is 10.1. The van der Waals surface area contributed by atoms with Gasteiger partial charge in [-0.2, -0.15) is 0 Å². The van der Waals surface area contributed by atoms with Crippen LogP contribution in [0.1, 0.15) is 33.6 Å². The lowest BCUT2D eigenvalue weighted by atomic mass is 10.00. The second kappa shape index (κ2) is 5.36. The number of nitrogens with two attached hydrogens (primary N) is 1. The largest absolute Gasteiger partial charge is 0.478 e. The van der Waals surface area contributed by atoms with Crippen LogP contribution in [0.2, 0.25) is 0 Å². The maximum Gasteiger partial charge on any atom is 0.336 e. The predicted molar refractivity (Wildman–Crippen MR) is 75.6 cm³/mol. The molecule has 1 heterocycles. The molecule has 3 N–H and O–H groups in total. The van der Waals surface area contributed by atoms with Gasteiger partial charge in [0, 0.05) is 11.1 Å². The molecular formula is C15H18N2O2. The maximum absolute atomic E-state index is 11.4. The van der Waals surface area contributed by atoms with E-state index in [1.807, 2.05) is 26.0 Å². The van der Waals surface area contributed by atoms with Gasteiger partial charge in [-0.3, -0.25) is 4.98 Å². The van der Waals surface area contributed by atoms with Crippen molar-refractivity contribution in [3.05, 3.63) is 40.6 Å². The van der Waals surface area contributed by atoms with Gasteiger partial charge in [0.05, 0.1) is 11.1 Å². The quantitative estimate of drug-likeness (QED) is 0.883. The van der Waals surface area contributed by atoms with E-state index in [4.69, 9.17) is 5.73 Å². The standard InChI is InChI=1S/C15H18N2O2/c1-9-6-10(2)14-12(15(18)19)8-11(4-3-5-16)17-13(14)7-9/h6-8H,3-5,16H2,1-2H3,(H,18,19). The molecule has 0 fully saturated rings. The molecule has 0 bridgehead atoms. The summed E-state index contributed by atoms with van der Waals surface area (Å²) in [6, 6.07) is 5.58. The van der Waals surface area contributed by atoms with Crippen LogP contribution in [-0.4, -0.2) is 22.6 Å². The normalized spacial score (nSPS) is 10.9. The Bertz CT molecular complexity index is 636. The molecule has 19 heavy (non-hydrogen) atoms. The molecule has 1 aromatic heterocycles. The van der Waals surface area contributed by atoms with E-state index >= 15 is 0 Å². The van der Waals surface area contributed by atoms with Gasteiger partial charge in [-0.1, -0.05) is 6.07 Å². The van der Waals surface area contributed by atoms with E-state index in [1.54, 1.807) is 6.07 Å². The van der Waals surface area contributed by atoms with E-state index < -0.39 is 5.97 Å². The first-order chi connectivity index (χ1) is 9.02. The van der Waals surface area contributed by atoms with Crippen LogP contribution in [0.3, 0.4) is 0 Å². The summed E-state index contributed by atoms with van der Waals surface area (Å²) in [5.41, 5.74) is 9.40. The fourth-order valence-electron chi connectivity index (χ4n) is 2.39. The molecular weight excluding hydrogens is 240 g/mol. The van der Waals surface area contributed by atoms with E-state index in [9.17, 15) is 9.90 Å². The van der Waals surface area contributed by atoms with Crippen LogP contribution in [0.5, 0.6) is 0 Å². The summed E-state index contributed by atoms with van der Waals surface area (Å²) < 4.78 is 0. The number of benzene rings is 1. The molecule has 0 saturated heterocycles. The second-order valence-electron chi connectivity index (χ2n) is 4.83. The average molecular weight is 258 g/mol. The van der Waals surface area contributed by atoms with Crippen molar-refractivity contribution in [2.45, 2.75) is 26.7 Å². The van der Waals surface area contributed by atoms with Crippen molar-refractivity contribution in [2.75, 3.05) is 6.54 Å². The number of nitrogens with zero attached hydrogens (tertiary/aromatic N) is 1. The highest BCUT2D eigenvalue weighted by atomic mass is 16.4. The van der Waals surface area contributed by atoms with Gasteiger partial charge in [0.2, 0.25) is 0 Å². The van der Waals surface area contributed by atoms with E-state index in [2.05, 4.69) is 4.98 Å². The van der Waals surface area contributed by atoms with Gasteiger partial charge < -0.3 is 10.8 Å². The Morgan fingerprint density at radius 3 is 2.68 bits per heavy atom. The molecule has 0 radical (unpaired) electrons. The van der Waals surface area contributed by atoms with Gasteiger partial charge in [-0.15, -0.1) is 0 Å². The summed E-state index contributed by atoms with van der Waals surface area (Å²) in [4.78, 5) is 16.0. The zero-order valence-corrected chi connectivity index (χ0v) is 11.2. The topological polar surface area (TPSA) is 76.2 Å². The number of rotatable bonds is 4. The summed E-state index contributed by atoms with van der Waals surface area (Å²) in [6.07, 6.45) is 1.52. The van der Waals surface area contributed by atoms with Crippen molar-refractivity contribution in [1.82, 2.24) is 4.98 Å². The number of carboxylic acid groups (broad SMARTS) is 1. The first-order valence-electron chi connectivity index (χ1n) is 6.37. The lowest BCUT2D eigenvalue weighted by molar-refractivity contribution is 0.0698. The number of aromatic carboxylic acids is 1. The van der Waals surface area contributed by atoms with Crippen LogP contribution in [0.15, 0.2) is 18.2 Å². The van der Waals surface area contributed by atoms with Crippen molar-refractivity contribution in [2.24, 2.45) is 5.73 Å². The highest BCUT2D eigenvalue weighted by Gasteiger charge is 2.14. The zero-order chi connectivity index (χ0) is 14.0. The first-order valence-corrected chi connectivity index (χ1v) is 6.37. The van der Waals surface area contributed by atoms with E-state index in [0.29, 0.717) is 18.5 Å². The Morgan fingerprint density at radius 1 is 1.32 bits per heavy atom. The third-order valence-electron chi connectivity index (χ3n) is 3.17. The number of pyridine rings is 1. The number of aryl methyl sites for hydroxylation is 3. The summed E-state index contributed by atoms with van der Waals surface area (Å²) in [7, 11) is 0. The maximum atomic E-state index is 11.4. The molecule has 0 spiro atoms. The lowest BCUT2D eigenvalue weighted by Crippen LogP contribution is -2.06. The van der Waals surface area contributed by atoms with Gasteiger partial charge in [-0.05, 0) is 56.5 Å². The number of carbonyl (C=O) groups is 1. The minimum absolute atomic E-state index is 0.328. The molecule has 0 saturated carbocycles. The summed E-state index contributed by atoms with van der Waals surface area (Å²) in [5.74, 6) is -0.909. The minimum Gasteiger partial charge on any atom is -0.478 e. The molecule has 0 atom stereocenters. The van der Waals surface area contributed by atoms with E-state index in [0.717, 1.165) is 34.1 Å². The van der Waals surface area contributed by atoms with Crippen LogP contribution in [0, 0.1) is 13.8 Å². The lowest BCUT2D eigenvalue weighted by Gasteiger charge is -2.10. The van der Waals surface area contributed by atoms with Crippen LogP contribution < -0.4 is 5.73 Å². The average Bonchev–Trinajstić information content (AvgIpc) is 2.34. The van der Waals surface area contributed by atoms with Crippen molar-refractivity contribution in [1.29, 1.82) is 0 Å². The molecule has 4 heteroatoms. The number of aromatic nitrogens is 1. The van der Waals surface area contributed by atoms with Crippen molar-refractivity contribution in [3.8, 4) is 0 Å². The van der Waals surface area contributed by atoms with Crippen LogP contribution >= 0.6 is 0 Å². The fourth-order valence-corrected chi connectivity index (χ4v) is 2.39. The predicted octanol–water partition coefficient (Wildman–Crippen LogP) is 2.44. The summed E-state index contributed by atoms with van der Waals surface area (Å²) in [6.45, 7) is 4.49. The third-order valence-corrected chi connectivity index (χ3v) is 3.17. The third kappa shape index (κ3) is 2.74. The SMILES string of the molecule is Cc1cc(C)c2c(C(=O)O)cc(CCCN)nc2c1. The molecule has 0 amide bonds. The molecule has 2 aromatic rings. The van der Waals surface area contributed by atoms with Crippen molar-refractivity contribution >= 4 is 16.9 Å². The number of carboxylic acids is 1. The van der Waals surface area contributed by atoms with Gasteiger partial charge >= 0.3 is 5.97 Å². The van der Waals surface area contributed by atoms with Gasteiger partial charge in [0.15, 0.2) is 0 Å². The van der Waals surface area contributed by atoms with Crippen LogP contribution in [0.25, 0.3) is 10.9 Å². The smallest absolute Gasteiger partial charge is 0.336 e. The molecule has 0 unspecified atom stereocenters. The second-order valence-corrected chi connectivity index (χ2v) is 4.83. The van der Waals surface area contributed by atoms with Gasteiger partial charge in [0.1, 0.15) is 0 Å².